The van der Waals surface area contributed by atoms with Gasteiger partial charge in [0.1, 0.15) is 0 Å². The molecule has 2 atom stereocenters. The average molecular weight is 143 g/mol. The Morgan fingerprint density at radius 3 is 1.70 bits per heavy atom. The Bertz CT molecular complexity index is 136. The smallest absolute Gasteiger partial charge is 0.0614 e. The van der Waals surface area contributed by atoms with Crippen molar-refractivity contribution in [3.63, 3.8) is 0 Å². The number of fused-ring (bicyclic) bond motifs is 1. The van der Waals surface area contributed by atoms with Crippen LogP contribution >= 0.6 is 0 Å². The van der Waals surface area contributed by atoms with E-state index in [0.29, 0.717) is 0 Å². The maximum atomic E-state index is 8.93. The Morgan fingerprint density at radius 1 is 1.10 bits per heavy atom. The fraction of sp³-hybridized carbons (Fsp3) is 1.00. The zero-order valence-corrected chi connectivity index (χ0v) is 5.93. The first-order chi connectivity index (χ1) is 4.74. The van der Waals surface area contributed by atoms with Gasteiger partial charge in [-0.3, -0.25) is 0 Å². The zero-order valence-electron chi connectivity index (χ0n) is 5.93. The van der Waals surface area contributed by atoms with Gasteiger partial charge in [-0.2, -0.15) is 0 Å². The number of rotatable bonds is 2. The molecule has 3 heteroatoms. The molecule has 0 aromatic carbocycles. The van der Waals surface area contributed by atoms with Gasteiger partial charge in [-0.05, 0) is 19.3 Å². The van der Waals surface area contributed by atoms with E-state index in [2.05, 4.69) is 5.32 Å². The monoisotopic (exact) mass is 143 g/mol. The molecule has 3 N–H and O–H groups in total. The highest BCUT2D eigenvalue weighted by molar-refractivity contribution is 5.19. The van der Waals surface area contributed by atoms with Gasteiger partial charge in [-0.25, -0.2) is 0 Å². The molecule has 3 aliphatic rings. The fourth-order valence-corrected chi connectivity index (χ4v) is 2.32. The molecule has 3 fully saturated rings. The Kier molecular flexibility index (Phi) is 1.14. The Balaban J connectivity index is 2.06. The molecule has 0 spiro atoms. The number of hydrogen-bond acceptors (Lipinski definition) is 3. The quantitative estimate of drug-likeness (QED) is 0.476. The molecule has 0 radical (unpaired) electrons. The molecule has 58 valence electrons. The van der Waals surface area contributed by atoms with Crippen LogP contribution in [-0.2, 0) is 0 Å². The van der Waals surface area contributed by atoms with Crippen LogP contribution in [0.2, 0.25) is 0 Å². The third-order valence-corrected chi connectivity index (χ3v) is 2.89. The minimum absolute atomic E-state index is 0.0112. The van der Waals surface area contributed by atoms with E-state index in [1.165, 1.54) is 0 Å². The summed E-state index contributed by atoms with van der Waals surface area (Å²) < 4.78 is 0. The summed E-state index contributed by atoms with van der Waals surface area (Å²) in [5.41, 5.74) is -0.0224. The largest absolute Gasteiger partial charge is 0.394 e. The summed E-state index contributed by atoms with van der Waals surface area (Å²) in [7, 11) is 0. The van der Waals surface area contributed by atoms with Crippen molar-refractivity contribution in [1.29, 1.82) is 0 Å². The average Bonchev–Trinajstić information content (AvgIpc) is 2.40. The molecule has 2 aliphatic heterocycles. The van der Waals surface area contributed by atoms with E-state index in [-0.39, 0.29) is 24.3 Å². The van der Waals surface area contributed by atoms with Crippen molar-refractivity contribution in [2.75, 3.05) is 13.2 Å². The molecule has 2 unspecified atom stereocenters. The molecule has 1 aliphatic carbocycles. The second kappa shape index (κ2) is 1.72. The van der Waals surface area contributed by atoms with Crippen molar-refractivity contribution in [3.8, 4) is 0 Å². The van der Waals surface area contributed by atoms with Crippen LogP contribution in [0.15, 0.2) is 0 Å². The van der Waals surface area contributed by atoms with E-state index in [1.807, 2.05) is 0 Å². The molecule has 0 aromatic heterocycles. The van der Waals surface area contributed by atoms with Crippen LogP contribution in [0.25, 0.3) is 0 Å². The Morgan fingerprint density at radius 2 is 1.50 bits per heavy atom. The van der Waals surface area contributed by atoms with E-state index in [9.17, 15) is 0 Å². The van der Waals surface area contributed by atoms with Gasteiger partial charge in [-0.15, -0.1) is 0 Å². The van der Waals surface area contributed by atoms with Gasteiger partial charge in [0, 0.05) is 11.1 Å². The molecule has 2 saturated heterocycles. The summed E-state index contributed by atoms with van der Waals surface area (Å²) in [6.07, 6.45) is 2.99. The highest BCUT2D eigenvalue weighted by Crippen LogP contribution is 2.47. The molecule has 2 bridgehead atoms. The fourth-order valence-electron chi connectivity index (χ4n) is 2.32. The van der Waals surface area contributed by atoms with Crippen molar-refractivity contribution >= 4 is 0 Å². The van der Waals surface area contributed by atoms with E-state index >= 15 is 0 Å². The van der Waals surface area contributed by atoms with Crippen molar-refractivity contribution in [3.05, 3.63) is 0 Å². The van der Waals surface area contributed by atoms with Crippen LogP contribution in [0.4, 0.5) is 0 Å². The standard InChI is InChI=1S/C7H13NO2/c9-4-6-1-2-7(3-6,5-10)8-6/h8-10H,1-5H2. The van der Waals surface area contributed by atoms with Crippen LogP contribution in [0.5, 0.6) is 0 Å². The van der Waals surface area contributed by atoms with Crippen molar-refractivity contribution in [2.45, 2.75) is 30.3 Å². The van der Waals surface area contributed by atoms with Gasteiger partial charge in [0.05, 0.1) is 13.2 Å². The first-order valence-corrected chi connectivity index (χ1v) is 3.75. The maximum absolute atomic E-state index is 8.93. The van der Waals surface area contributed by atoms with Crippen LogP contribution in [-0.4, -0.2) is 34.5 Å². The molecule has 0 amide bonds. The first kappa shape index (κ1) is 6.58. The molecular formula is C7H13NO2. The maximum Gasteiger partial charge on any atom is 0.0614 e. The highest BCUT2D eigenvalue weighted by atomic mass is 16.3. The third kappa shape index (κ3) is 0.603. The molecule has 3 nitrogen and oxygen atoms in total. The SMILES string of the molecule is OCC12CCC(CO)(C1)N2. The molecular weight excluding hydrogens is 130 g/mol. The van der Waals surface area contributed by atoms with Crippen LogP contribution in [0.3, 0.4) is 0 Å². The van der Waals surface area contributed by atoms with Gasteiger partial charge in [-0.1, -0.05) is 0 Å². The van der Waals surface area contributed by atoms with Crippen molar-refractivity contribution < 1.29 is 10.2 Å². The second-order valence-electron chi connectivity index (χ2n) is 3.68. The normalized spacial score (nSPS) is 51.0. The summed E-state index contributed by atoms with van der Waals surface area (Å²) >= 11 is 0. The lowest BCUT2D eigenvalue weighted by atomic mass is 9.82. The molecule has 10 heavy (non-hydrogen) atoms. The topological polar surface area (TPSA) is 52.5 Å². The molecule has 0 aromatic rings. The van der Waals surface area contributed by atoms with Crippen molar-refractivity contribution in [2.24, 2.45) is 0 Å². The van der Waals surface area contributed by atoms with E-state index in [0.717, 1.165) is 19.3 Å². The minimum Gasteiger partial charge on any atom is -0.394 e. The summed E-state index contributed by atoms with van der Waals surface area (Å²) in [6.45, 7) is 0.434. The zero-order chi connectivity index (χ0) is 7.24. The lowest BCUT2D eigenvalue weighted by molar-refractivity contribution is 0.0271. The van der Waals surface area contributed by atoms with E-state index in [4.69, 9.17) is 10.2 Å². The van der Waals surface area contributed by atoms with Gasteiger partial charge >= 0.3 is 0 Å². The summed E-state index contributed by atoms with van der Waals surface area (Å²) in [4.78, 5) is 0. The number of aliphatic hydroxyl groups is 2. The minimum atomic E-state index is -0.0112. The Hall–Kier alpha value is -0.120. The molecule has 1 saturated carbocycles. The Labute approximate surface area is 60.1 Å². The van der Waals surface area contributed by atoms with Gasteiger partial charge < -0.3 is 15.5 Å². The van der Waals surface area contributed by atoms with Crippen LogP contribution in [0.1, 0.15) is 19.3 Å². The summed E-state index contributed by atoms with van der Waals surface area (Å²) in [5.74, 6) is 0. The van der Waals surface area contributed by atoms with Gasteiger partial charge in [0.15, 0.2) is 0 Å². The summed E-state index contributed by atoms with van der Waals surface area (Å²) in [5, 5.41) is 21.1. The number of aliphatic hydroxyl groups excluding tert-OH is 2. The predicted octanol–water partition coefficient (Wildman–Crippen LogP) is -0.764. The van der Waals surface area contributed by atoms with Crippen molar-refractivity contribution in [1.82, 2.24) is 5.32 Å². The summed E-state index contributed by atoms with van der Waals surface area (Å²) in [6, 6.07) is 0. The number of nitrogens with one attached hydrogen (secondary N) is 1. The molecule has 2 heterocycles. The van der Waals surface area contributed by atoms with E-state index < -0.39 is 0 Å². The van der Waals surface area contributed by atoms with E-state index in [1.54, 1.807) is 0 Å². The van der Waals surface area contributed by atoms with Crippen LogP contribution in [0, 0.1) is 0 Å². The number of hydrogen-bond donors (Lipinski definition) is 3. The lowest BCUT2D eigenvalue weighted by Gasteiger charge is -2.47. The molecule has 3 rings (SSSR count). The van der Waals surface area contributed by atoms with Gasteiger partial charge in [0.25, 0.3) is 0 Å². The van der Waals surface area contributed by atoms with Gasteiger partial charge in [0.2, 0.25) is 0 Å². The third-order valence-electron chi connectivity index (χ3n) is 2.89. The second-order valence-corrected chi connectivity index (χ2v) is 3.68. The van der Waals surface area contributed by atoms with Crippen LogP contribution < -0.4 is 5.32 Å². The first-order valence-electron chi connectivity index (χ1n) is 3.75. The predicted molar refractivity (Wildman–Crippen MR) is 36.6 cm³/mol. The highest BCUT2D eigenvalue weighted by Gasteiger charge is 2.59. The lowest BCUT2D eigenvalue weighted by Crippen LogP contribution is -2.68.